The number of aryl methyl sites for hydroxylation is 1. The molecule has 0 fully saturated rings. The van der Waals surface area contributed by atoms with Crippen LogP contribution in [0.25, 0.3) is 6.08 Å². The molecule has 0 atom stereocenters. The van der Waals surface area contributed by atoms with Crippen LogP contribution in [0.3, 0.4) is 0 Å². The number of carboxylic acid groups (broad SMARTS) is 1. The topological polar surface area (TPSA) is 92.4 Å². The molecular formula is C13H12N2O4S. The second kappa shape index (κ2) is 6.16. The lowest BCUT2D eigenvalue weighted by Crippen LogP contribution is -2.22. The Hall–Kier alpha value is -2.41. The van der Waals surface area contributed by atoms with E-state index in [1.54, 1.807) is 24.6 Å². The third-order valence-corrected chi connectivity index (χ3v) is 3.31. The molecule has 0 aliphatic heterocycles. The van der Waals surface area contributed by atoms with Crippen LogP contribution in [0.4, 0.5) is 0 Å². The number of hydrogen-bond donors (Lipinski definition) is 2. The van der Waals surface area contributed by atoms with Gasteiger partial charge in [0.25, 0.3) is 5.91 Å². The van der Waals surface area contributed by atoms with Gasteiger partial charge in [-0.15, -0.1) is 11.3 Å². The molecule has 0 aliphatic rings. The van der Waals surface area contributed by atoms with Crippen molar-refractivity contribution in [1.82, 2.24) is 10.3 Å². The van der Waals surface area contributed by atoms with Gasteiger partial charge in [0, 0.05) is 6.08 Å². The predicted octanol–water partition coefficient (Wildman–Crippen LogP) is 2.07. The maximum Gasteiger partial charge on any atom is 0.328 e. The molecule has 2 aromatic heterocycles. The van der Waals surface area contributed by atoms with Crippen LogP contribution in [0.15, 0.2) is 28.1 Å². The Morgan fingerprint density at radius 3 is 3.00 bits per heavy atom. The highest BCUT2D eigenvalue weighted by atomic mass is 32.1. The zero-order valence-corrected chi connectivity index (χ0v) is 11.4. The van der Waals surface area contributed by atoms with Crippen LogP contribution in [0.2, 0.25) is 0 Å². The summed E-state index contributed by atoms with van der Waals surface area (Å²) in [4.78, 5) is 26.9. The second-order valence-electron chi connectivity index (χ2n) is 3.92. The molecule has 0 aromatic carbocycles. The monoisotopic (exact) mass is 292 g/mol. The van der Waals surface area contributed by atoms with Gasteiger partial charge in [-0.3, -0.25) is 4.79 Å². The third-order valence-electron chi connectivity index (χ3n) is 2.38. The first-order valence-corrected chi connectivity index (χ1v) is 6.62. The SMILES string of the molecule is Cc1cnc(CNC(=O)c2sccc2/C=C/C(=O)O)o1. The van der Waals surface area contributed by atoms with E-state index in [-0.39, 0.29) is 12.5 Å². The van der Waals surface area contributed by atoms with E-state index in [1.165, 1.54) is 17.4 Å². The van der Waals surface area contributed by atoms with Crippen molar-refractivity contribution in [1.29, 1.82) is 0 Å². The minimum absolute atomic E-state index is 0.187. The summed E-state index contributed by atoms with van der Waals surface area (Å²) in [5.41, 5.74) is 0.568. The molecular weight excluding hydrogens is 280 g/mol. The van der Waals surface area contributed by atoms with Crippen LogP contribution < -0.4 is 5.32 Å². The van der Waals surface area contributed by atoms with Crippen LogP contribution in [0.5, 0.6) is 0 Å². The molecule has 20 heavy (non-hydrogen) atoms. The Morgan fingerprint density at radius 2 is 2.35 bits per heavy atom. The van der Waals surface area contributed by atoms with Gasteiger partial charge in [0.05, 0.1) is 17.6 Å². The summed E-state index contributed by atoms with van der Waals surface area (Å²) < 4.78 is 5.25. The highest BCUT2D eigenvalue weighted by Crippen LogP contribution is 2.18. The van der Waals surface area contributed by atoms with E-state index in [9.17, 15) is 9.59 Å². The normalized spacial score (nSPS) is 10.8. The van der Waals surface area contributed by atoms with Gasteiger partial charge in [-0.05, 0) is 30.0 Å². The summed E-state index contributed by atoms with van der Waals surface area (Å²) in [6.45, 7) is 1.96. The van der Waals surface area contributed by atoms with Crippen molar-refractivity contribution in [2.24, 2.45) is 0 Å². The molecule has 0 saturated heterocycles. The first-order valence-electron chi connectivity index (χ1n) is 5.74. The Bertz CT molecular complexity index is 657. The quantitative estimate of drug-likeness (QED) is 0.823. The first-order chi connectivity index (χ1) is 9.56. The van der Waals surface area contributed by atoms with Crippen molar-refractivity contribution >= 4 is 29.3 Å². The number of hydrogen-bond acceptors (Lipinski definition) is 5. The molecule has 2 heterocycles. The molecule has 0 unspecified atom stereocenters. The fourth-order valence-corrected chi connectivity index (χ4v) is 2.32. The Labute approximate surface area is 118 Å². The first kappa shape index (κ1) is 14.0. The van der Waals surface area contributed by atoms with E-state index in [2.05, 4.69) is 10.3 Å². The summed E-state index contributed by atoms with van der Waals surface area (Å²) in [7, 11) is 0. The lowest BCUT2D eigenvalue weighted by Gasteiger charge is -2.01. The van der Waals surface area contributed by atoms with E-state index < -0.39 is 5.97 Å². The van der Waals surface area contributed by atoms with Crippen molar-refractivity contribution in [3.8, 4) is 0 Å². The summed E-state index contributed by atoms with van der Waals surface area (Å²) in [6.07, 6.45) is 3.97. The number of aliphatic carboxylic acids is 1. The van der Waals surface area contributed by atoms with Gasteiger partial charge in [0.15, 0.2) is 0 Å². The average Bonchev–Trinajstić information content (AvgIpc) is 3.02. The summed E-state index contributed by atoms with van der Waals surface area (Å²) in [5.74, 6) is -0.246. The number of aromatic nitrogens is 1. The molecule has 0 aliphatic carbocycles. The molecule has 0 spiro atoms. The molecule has 1 amide bonds. The zero-order valence-electron chi connectivity index (χ0n) is 10.6. The molecule has 0 radical (unpaired) electrons. The maximum atomic E-state index is 12.0. The number of rotatable bonds is 5. The summed E-state index contributed by atoms with van der Waals surface area (Å²) >= 11 is 1.24. The zero-order chi connectivity index (χ0) is 14.5. The van der Waals surface area contributed by atoms with Crippen LogP contribution in [-0.4, -0.2) is 22.0 Å². The summed E-state index contributed by atoms with van der Waals surface area (Å²) in [6, 6.07) is 1.69. The molecule has 6 nitrogen and oxygen atoms in total. The second-order valence-corrected chi connectivity index (χ2v) is 4.84. The molecule has 7 heteroatoms. The summed E-state index contributed by atoms with van der Waals surface area (Å²) in [5, 5.41) is 13.0. The van der Waals surface area contributed by atoms with Crippen molar-refractivity contribution in [3.63, 3.8) is 0 Å². The highest BCUT2D eigenvalue weighted by Gasteiger charge is 2.12. The lowest BCUT2D eigenvalue weighted by molar-refractivity contribution is -0.131. The van der Waals surface area contributed by atoms with Crippen molar-refractivity contribution in [2.45, 2.75) is 13.5 Å². The van der Waals surface area contributed by atoms with Crippen LogP contribution >= 0.6 is 11.3 Å². The van der Waals surface area contributed by atoms with Crippen molar-refractivity contribution < 1.29 is 19.1 Å². The van der Waals surface area contributed by atoms with Gasteiger partial charge < -0.3 is 14.8 Å². The smallest absolute Gasteiger partial charge is 0.328 e. The number of oxazole rings is 1. The van der Waals surface area contributed by atoms with E-state index in [0.29, 0.717) is 22.1 Å². The average molecular weight is 292 g/mol. The molecule has 0 bridgehead atoms. The fraction of sp³-hybridized carbons (Fsp3) is 0.154. The maximum absolute atomic E-state index is 12.0. The van der Waals surface area contributed by atoms with E-state index in [1.807, 2.05) is 0 Å². The van der Waals surface area contributed by atoms with Crippen molar-refractivity contribution in [2.75, 3.05) is 0 Å². The number of carboxylic acids is 1. The molecule has 2 N–H and O–H groups in total. The minimum Gasteiger partial charge on any atom is -0.478 e. The van der Waals surface area contributed by atoms with Gasteiger partial charge in [0.1, 0.15) is 5.76 Å². The largest absolute Gasteiger partial charge is 0.478 e. The van der Waals surface area contributed by atoms with Crippen LogP contribution in [0.1, 0.15) is 26.9 Å². The molecule has 2 aromatic rings. The minimum atomic E-state index is -1.06. The molecule has 2 rings (SSSR count). The highest BCUT2D eigenvalue weighted by molar-refractivity contribution is 7.12. The Morgan fingerprint density at radius 1 is 1.55 bits per heavy atom. The van der Waals surface area contributed by atoms with Crippen LogP contribution in [0, 0.1) is 6.92 Å². The van der Waals surface area contributed by atoms with Gasteiger partial charge >= 0.3 is 5.97 Å². The fourth-order valence-electron chi connectivity index (χ4n) is 1.52. The third kappa shape index (κ3) is 3.55. The predicted molar refractivity (Wildman–Crippen MR) is 73.4 cm³/mol. The number of amides is 1. The molecule has 104 valence electrons. The van der Waals surface area contributed by atoms with Gasteiger partial charge in [-0.25, -0.2) is 9.78 Å². The lowest BCUT2D eigenvalue weighted by atomic mass is 10.2. The van der Waals surface area contributed by atoms with E-state index in [0.717, 1.165) is 6.08 Å². The van der Waals surface area contributed by atoms with Crippen LogP contribution in [-0.2, 0) is 11.3 Å². The van der Waals surface area contributed by atoms with E-state index >= 15 is 0 Å². The standard InChI is InChI=1S/C13H12N2O4S/c1-8-6-14-10(19-8)7-15-13(18)12-9(4-5-20-12)2-3-11(16)17/h2-6H,7H2,1H3,(H,15,18)(H,16,17)/b3-2+. The number of carbonyl (C=O) groups is 2. The number of thiophene rings is 1. The van der Waals surface area contributed by atoms with Gasteiger partial charge in [-0.2, -0.15) is 0 Å². The number of nitrogens with one attached hydrogen (secondary N) is 1. The molecule has 0 saturated carbocycles. The number of carbonyl (C=O) groups excluding carboxylic acids is 1. The number of nitrogens with zero attached hydrogens (tertiary/aromatic N) is 1. The Balaban J connectivity index is 2.02. The van der Waals surface area contributed by atoms with Gasteiger partial charge in [0.2, 0.25) is 5.89 Å². The van der Waals surface area contributed by atoms with E-state index in [4.69, 9.17) is 9.52 Å². The van der Waals surface area contributed by atoms with Gasteiger partial charge in [-0.1, -0.05) is 0 Å². The Kier molecular flexibility index (Phi) is 4.31. The van der Waals surface area contributed by atoms with Crippen molar-refractivity contribution in [3.05, 3.63) is 45.8 Å².